The number of nitrogens with zero attached hydrogens (tertiary/aromatic N) is 1. The zero-order chi connectivity index (χ0) is 13.0. The van der Waals surface area contributed by atoms with Crippen molar-refractivity contribution in [3.63, 3.8) is 0 Å². The first kappa shape index (κ1) is 13.0. The van der Waals surface area contributed by atoms with Gasteiger partial charge in [0.1, 0.15) is 5.82 Å². The summed E-state index contributed by atoms with van der Waals surface area (Å²) in [4.78, 5) is 14.2. The van der Waals surface area contributed by atoms with Crippen molar-refractivity contribution in [2.75, 3.05) is 26.2 Å². The molecule has 98 valence electrons. The third-order valence-electron chi connectivity index (χ3n) is 3.47. The van der Waals surface area contributed by atoms with Crippen LogP contribution in [-0.4, -0.2) is 37.0 Å². The molecule has 1 aromatic rings. The van der Waals surface area contributed by atoms with Crippen LogP contribution in [0.25, 0.3) is 0 Å². The van der Waals surface area contributed by atoms with E-state index in [1.807, 2.05) is 0 Å². The van der Waals surface area contributed by atoms with Crippen molar-refractivity contribution in [1.29, 1.82) is 0 Å². The fourth-order valence-corrected chi connectivity index (χ4v) is 2.31. The first-order valence-corrected chi connectivity index (χ1v) is 6.45. The zero-order valence-corrected chi connectivity index (χ0v) is 10.7. The van der Waals surface area contributed by atoms with Crippen molar-refractivity contribution in [2.24, 2.45) is 5.92 Å². The van der Waals surface area contributed by atoms with Gasteiger partial charge in [0, 0.05) is 18.7 Å². The van der Waals surface area contributed by atoms with Gasteiger partial charge in [-0.05, 0) is 49.7 Å². The molecule has 1 aromatic carbocycles. The summed E-state index contributed by atoms with van der Waals surface area (Å²) in [5.74, 6) is 0.0974. The molecular formula is C14H19FN2O. The zero-order valence-electron chi connectivity index (χ0n) is 10.7. The Morgan fingerprint density at radius 2 is 2.17 bits per heavy atom. The second-order valence-corrected chi connectivity index (χ2v) is 4.76. The van der Waals surface area contributed by atoms with Crippen molar-refractivity contribution in [1.82, 2.24) is 10.2 Å². The van der Waals surface area contributed by atoms with Crippen LogP contribution in [0.4, 0.5) is 4.39 Å². The van der Waals surface area contributed by atoms with E-state index >= 15 is 0 Å². The van der Waals surface area contributed by atoms with E-state index in [2.05, 4.69) is 17.1 Å². The lowest BCUT2D eigenvalue weighted by molar-refractivity contribution is 0.0947. The molecule has 0 saturated carbocycles. The van der Waals surface area contributed by atoms with Crippen LogP contribution >= 0.6 is 0 Å². The third kappa shape index (κ3) is 3.29. The molecule has 0 aliphatic carbocycles. The standard InChI is InChI=1S/C14H19FN2O/c1-2-17-8-7-11(10-17)9-16-14(18)12-3-5-13(15)6-4-12/h3-6,11H,2,7-10H2,1H3,(H,16,18). The van der Waals surface area contributed by atoms with Gasteiger partial charge in [0.05, 0.1) is 0 Å². The number of carbonyl (C=O) groups is 1. The topological polar surface area (TPSA) is 32.3 Å². The van der Waals surface area contributed by atoms with Gasteiger partial charge < -0.3 is 10.2 Å². The van der Waals surface area contributed by atoms with Crippen molar-refractivity contribution >= 4 is 5.91 Å². The summed E-state index contributed by atoms with van der Waals surface area (Å²) in [5.41, 5.74) is 0.516. The normalized spacial score (nSPS) is 20.0. The van der Waals surface area contributed by atoms with Crippen LogP contribution in [0.2, 0.25) is 0 Å². The molecule has 0 aromatic heterocycles. The van der Waals surface area contributed by atoms with Gasteiger partial charge in [-0.25, -0.2) is 4.39 Å². The lowest BCUT2D eigenvalue weighted by Crippen LogP contribution is -2.31. The molecule has 1 amide bonds. The van der Waals surface area contributed by atoms with Crippen molar-refractivity contribution in [2.45, 2.75) is 13.3 Å². The predicted molar refractivity (Wildman–Crippen MR) is 69.0 cm³/mol. The Balaban J connectivity index is 1.80. The molecule has 0 bridgehead atoms. The number of nitrogens with one attached hydrogen (secondary N) is 1. The van der Waals surface area contributed by atoms with Crippen LogP contribution in [0.3, 0.4) is 0 Å². The van der Waals surface area contributed by atoms with Gasteiger partial charge in [-0.2, -0.15) is 0 Å². The fraction of sp³-hybridized carbons (Fsp3) is 0.500. The van der Waals surface area contributed by atoms with E-state index in [-0.39, 0.29) is 11.7 Å². The molecule has 1 atom stereocenters. The maximum absolute atomic E-state index is 12.7. The average molecular weight is 250 g/mol. The van der Waals surface area contributed by atoms with Crippen molar-refractivity contribution in [3.8, 4) is 0 Å². The van der Waals surface area contributed by atoms with Gasteiger partial charge in [-0.1, -0.05) is 6.92 Å². The van der Waals surface area contributed by atoms with Crippen molar-refractivity contribution in [3.05, 3.63) is 35.6 Å². The predicted octanol–water partition coefficient (Wildman–Crippen LogP) is 1.90. The lowest BCUT2D eigenvalue weighted by Gasteiger charge is -2.13. The molecule has 1 aliphatic rings. The van der Waals surface area contributed by atoms with Gasteiger partial charge in [0.2, 0.25) is 0 Å². The number of amides is 1. The minimum Gasteiger partial charge on any atom is -0.352 e. The summed E-state index contributed by atoms with van der Waals surface area (Å²) >= 11 is 0. The fourth-order valence-electron chi connectivity index (χ4n) is 2.31. The molecule has 1 heterocycles. The second-order valence-electron chi connectivity index (χ2n) is 4.76. The smallest absolute Gasteiger partial charge is 0.251 e. The Morgan fingerprint density at radius 1 is 1.44 bits per heavy atom. The molecule has 1 aliphatic heterocycles. The Hall–Kier alpha value is -1.42. The van der Waals surface area contributed by atoms with Crippen LogP contribution in [0.15, 0.2) is 24.3 Å². The summed E-state index contributed by atoms with van der Waals surface area (Å²) in [7, 11) is 0. The highest BCUT2D eigenvalue weighted by atomic mass is 19.1. The van der Waals surface area contributed by atoms with Gasteiger partial charge in [-0.15, -0.1) is 0 Å². The van der Waals surface area contributed by atoms with Gasteiger partial charge >= 0.3 is 0 Å². The Morgan fingerprint density at radius 3 is 2.78 bits per heavy atom. The first-order valence-electron chi connectivity index (χ1n) is 6.45. The number of rotatable bonds is 4. The summed E-state index contributed by atoms with van der Waals surface area (Å²) < 4.78 is 12.7. The van der Waals surface area contributed by atoms with Crippen LogP contribution in [-0.2, 0) is 0 Å². The molecule has 1 saturated heterocycles. The molecule has 0 radical (unpaired) electrons. The molecular weight excluding hydrogens is 231 g/mol. The average Bonchev–Trinajstić information content (AvgIpc) is 2.85. The number of hydrogen-bond donors (Lipinski definition) is 1. The summed E-state index contributed by atoms with van der Waals surface area (Å²) in [6.45, 7) is 6.10. The Labute approximate surface area is 107 Å². The molecule has 2 rings (SSSR count). The maximum atomic E-state index is 12.7. The van der Waals surface area contributed by atoms with E-state index in [1.54, 1.807) is 0 Å². The van der Waals surface area contributed by atoms with E-state index in [9.17, 15) is 9.18 Å². The number of likely N-dealkylation sites (tertiary alicyclic amines) is 1. The van der Waals surface area contributed by atoms with E-state index in [4.69, 9.17) is 0 Å². The lowest BCUT2D eigenvalue weighted by atomic mass is 10.1. The monoisotopic (exact) mass is 250 g/mol. The van der Waals surface area contributed by atoms with Crippen molar-refractivity contribution < 1.29 is 9.18 Å². The minimum atomic E-state index is -0.319. The largest absolute Gasteiger partial charge is 0.352 e. The minimum absolute atomic E-state index is 0.120. The van der Waals surface area contributed by atoms with Crippen LogP contribution in [0.1, 0.15) is 23.7 Å². The van der Waals surface area contributed by atoms with Gasteiger partial charge in [-0.3, -0.25) is 4.79 Å². The molecule has 4 heteroatoms. The highest BCUT2D eigenvalue weighted by Crippen LogP contribution is 2.14. The summed E-state index contributed by atoms with van der Waals surface area (Å²) in [6.07, 6.45) is 1.14. The van der Waals surface area contributed by atoms with E-state index in [0.717, 1.165) is 26.1 Å². The number of carbonyl (C=O) groups excluding carboxylic acids is 1. The van der Waals surface area contributed by atoms with Crippen LogP contribution < -0.4 is 5.32 Å². The Bertz CT molecular complexity index is 405. The van der Waals surface area contributed by atoms with Crippen LogP contribution in [0.5, 0.6) is 0 Å². The third-order valence-corrected chi connectivity index (χ3v) is 3.47. The quantitative estimate of drug-likeness (QED) is 0.885. The first-order chi connectivity index (χ1) is 8.69. The number of hydrogen-bond acceptors (Lipinski definition) is 2. The van der Waals surface area contributed by atoms with E-state index < -0.39 is 0 Å². The SMILES string of the molecule is CCN1CCC(CNC(=O)c2ccc(F)cc2)C1. The van der Waals surface area contributed by atoms with E-state index in [0.29, 0.717) is 18.0 Å². The van der Waals surface area contributed by atoms with E-state index in [1.165, 1.54) is 24.3 Å². The van der Waals surface area contributed by atoms with Gasteiger partial charge in [0.15, 0.2) is 0 Å². The second kappa shape index (κ2) is 5.96. The summed E-state index contributed by atoms with van der Waals surface area (Å²) in [6, 6.07) is 5.64. The number of halogens is 1. The molecule has 1 unspecified atom stereocenters. The molecule has 18 heavy (non-hydrogen) atoms. The molecule has 1 N–H and O–H groups in total. The molecule has 0 spiro atoms. The maximum Gasteiger partial charge on any atom is 0.251 e. The van der Waals surface area contributed by atoms with Gasteiger partial charge in [0.25, 0.3) is 5.91 Å². The Kier molecular flexibility index (Phi) is 4.31. The van der Waals surface area contributed by atoms with Crippen LogP contribution in [0, 0.1) is 11.7 Å². The number of benzene rings is 1. The highest BCUT2D eigenvalue weighted by Gasteiger charge is 2.21. The molecule has 1 fully saturated rings. The highest BCUT2D eigenvalue weighted by molar-refractivity contribution is 5.94. The summed E-state index contributed by atoms with van der Waals surface area (Å²) in [5, 5.41) is 2.92. The molecule has 3 nitrogen and oxygen atoms in total.